The fraction of sp³-hybridized carbons (Fsp3) is 0.800. The Bertz CT molecular complexity index is 232. The lowest BCUT2D eigenvalue weighted by atomic mass is 11.0. The molecule has 0 heterocycles. The van der Waals surface area contributed by atoms with Crippen LogP contribution >= 0.6 is 0 Å². The smallest absolute Gasteiger partial charge is 0.251 e. The lowest BCUT2D eigenvalue weighted by molar-refractivity contribution is 0.152. The maximum atomic E-state index is 10.5. The molecule has 0 aromatic rings. The van der Waals surface area contributed by atoms with Gasteiger partial charge in [-0.25, -0.2) is 13.4 Å². The first kappa shape index (κ1) is 10.4. The van der Waals surface area contributed by atoms with Gasteiger partial charge in [0.2, 0.25) is 0 Å². The summed E-state index contributed by atoms with van der Waals surface area (Å²) in [4.78, 5) is 0. The minimum Gasteiger partial charge on any atom is -0.299 e. The Morgan fingerprint density at radius 3 is 2.00 bits per heavy atom. The SMILES string of the molecule is CN(C)N(C)/C=N/S(C)(=O)=O. The molecule has 0 saturated carbocycles. The zero-order chi connectivity index (χ0) is 9.07. The van der Waals surface area contributed by atoms with Crippen molar-refractivity contribution < 1.29 is 8.42 Å². The molecule has 0 unspecified atom stereocenters. The van der Waals surface area contributed by atoms with Crippen molar-refractivity contribution in [3.05, 3.63) is 0 Å². The molecule has 0 bridgehead atoms. The average Bonchev–Trinajstić information content (AvgIpc) is 1.80. The minimum atomic E-state index is -3.25. The second-order valence-electron chi connectivity index (χ2n) is 2.37. The third kappa shape index (κ3) is 5.81. The van der Waals surface area contributed by atoms with Crippen LogP contribution in [-0.2, 0) is 10.0 Å². The van der Waals surface area contributed by atoms with Crippen molar-refractivity contribution in [2.24, 2.45) is 4.40 Å². The van der Waals surface area contributed by atoms with Crippen LogP contribution < -0.4 is 0 Å². The Morgan fingerprint density at radius 1 is 1.27 bits per heavy atom. The molecular formula is C5H13N3O2S. The lowest BCUT2D eigenvalue weighted by Gasteiger charge is -2.20. The van der Waals surface area contributed by atoms with Gasteiger partial charge in [0.15, 0.2) is 0 Å². The molecule has 0 radical (unpaired) electrons. The van der Waals surface area contributed by atoms with E-state index in [1.807, 2.05) is 0 Å². The van der Waals surface area contributed by atoms with Crippen molar-refractivity contribution in [1.29, 1.82) is 0 Å². The first-order valence-electron chi connectivity index (χ1n) is 2.98. The van der Waals surface area contributed by atoms with Gasteiger partial charge in [0.1, 0.15) is 6.34 Å². The van der Waals surface area contributed by atoms with Gasteiger partial charge in [-0.05, 0) is 0 Å². The van der Waals surface area contributed by atoms with E-state index in [-0.39, 0.29) is 0 Å². The van der Waals surface area contributed by atoms with E-state index in [2.05, 4.69) is 4.40 Å². The van der Waals surface area contributed by atoms with Crippen LogP contribution in [0.5, 0.6) is 0 Å². The molecule has 66 valence electrons. The Balaban J connectivity index is 4.15. The summed E-state index contributed by atoms with van der Waals surface area (Å²) in [7, 11) is 2.02. The van der Waals surface area contributed by atoms with Gasteiger partial charge in [-0.1, -0.05) is 0 Å². The highest BCUT2D eigenvalue weighted by atomic mass is 32.2. The van der Waals surface area contributed by atoms with Crippen LogP contribution in [-0.4, -0.2) is 52.2 Å². The van der Waals surface area contributed by atoms with Gasteiger partial charge < -0.3 is 0 Å². The first-order valence-corrected chi connectivity index (χ1v) is 4.83. The number of rotatable bonds is 3. The summed E-state index contributed by atoms with van der Waals surface area (Å²) in [5.41, 5.74) is 0. The molecule has 0 fully saturated rings. The lowest BCUT2D eigenvalue weighted by Crippen LogP contribution is -2.31. The Morgan fingerprint density at radius 2 is 1.73 bits per heavy atom. The topological polar surface area (TPSA) is 53.0 Å². The van der Waals surface area contributed by atoms with Crippen molar-refractivity contribution in [2.45, 2.75) is 0 Å². The van der Waals surface area contributed by atoms with Crippen molar-refractivity contribution in [1.82, 2.24) is 10.0 Å². The van der Waals surface area contributed by atoms with Crippen LogP contribution in [0, 0.1) is 0 Å². The van der Waals surface area contributed by atoms with Gasteiger partial charge >= 0.3 is 0 Å². The van der Waals surface area contributed by atoms with Gasteiger partial charge in [0, 0.05) is 21.1 Å². The molecule has 0 aromatic heterocycles. The summed E-state index contributed by atoms with van der Waals surface area (Å²) in [6.45, 7) is 0. The zero-order valence-corrected chi connectivity index (χ0v) is 7.96. The molecule has 0 aliphatic rings. The normalized spacial score (nSPS) is 12.8. The highest BCUT2D eigenvalue weighted by molar-refractivity contribution is 7.89. The standard InChI is InChI=1S/C5H13N3O2S/c1-7(2)8(3)5-6-11(4,9)10/h5H,1-4H3/b6-5+. The molecule has 0 saturated heterocycles. The number of hydrogen-bond donors (Lipinski definition) is 0. The summed E-state index contributed by atoms with van der Waals surface area (Å²) in [6.07, 6.45) is 2.29. The Kier molecular flexibility index (Phi) is 3.47. The van der Waals surface area contributed by atoms with Gasteiger partial charge in [-0.15, -0.1) is 0 Å². The molecule has 5 nitrogen and oxygen atoms in total. The van der Waals surface area contributed by atoms with Gasteiger partial charge in [0.05, 0.1) is 6.26 Å². The van der Waals surface area contributed by atoms with Gasteiger partial charge in [-0.3, -0.25) is 5.01 Å². The van der Waals surface area contributed by atoms with E-state index in [4.69, 9.17) is 0 Å². The summed E-state index contributed by atoms with van der Waals surface area (Å²) in [5, 5.41) is 3.26. The first-order chi connectivity index (χ1) is 4.83. The van der Waals surface area contributed by atoms with Crippen LogP contribution in [0.1, 0.15) is 0 Å². The highest BCUT2D eigenvalue weighted by Crippen LogP contribution is 1.85. The quantitative estimate of drug-likeness (QED) is 0.329. The van der Waals surface area contributed by atoms with E-state index < -0.39 is 10.0 Å². The van der Waals surface area contributed by atoms with E-state index in [1.165, 1.54) is 6.34 Å². The third-order valence-electron chi connectivity index (χ3n) is 1.04. The van der Waals surface area contributed by atoms with Crippen LogP contribution in [0.2, 0.25) is 0 Å². The maximum Gasteiger partial charge on any atom is 0.251 e. The van der Waals surface area contributed by atoms with Crippen molar-refractivity contribution in [2.75, 3.05) is 27.4 Å². The molecule has 0 spiro atoms. The number of nitrogens with zero attached hydrogens (tertiary/aromatic N) is 3. The molecule has 6 heteroatoms. The predicted octanol–water partition coefficient (Wildman–Crippen LogP) is -0.617. The Labute approximate surface area is 67.3 Å². The van der Waals surface area contributed by atoms with Crippen molar-refractivity contribution in [3.8, 4) is 0 Å². The molecule has 0 aliphatic heterocycles. The monoisotopic (exact) mass is 179 g/mol. The van der Waals surface area contributed by atoms with E-state index in [0.29, 0.717) is 0 Å². The highest BCUT2D eigenvalue weighted by Gasteiger charge is 1.96. The summed E-state index contributed by atoms with van der Waals surface area (Å²) >= 11 is 0. The van der Waals surface area contributed by atoms with E-state index in [9.17, 15) is 8.42 Å². The molecular weight excluding hydrogens is 166 g/mol. The molecule has 11 heavy (non-hydrogen) atoms. The Hall–Kier alpha value is -0.620. The van der Waals surface area contributed by atoms with Crippen LogP contribution in [0.25, 0.3) is 0 Å². The largest absolute Gasteiger partial charge is 0.299 e. The van der Waals surface area contributed by atoms with Crippen LogP contribution in [0.15, 0.2) is 4.40 Å². The summed E-state index contributed by atoms with van der Waals surface area (Å²) in [5.74, 6) is 0. The van der Waals surface area contributed by atoms with Crippen molar-refractivity contribution >= 4 is 16.4 Å². The van der Waals surface area contributed by atoms with E-state index >= 15 is 0 Å². The third-order valence-corrected chi connectivity index (χ3v) is 1.51. The van der Waals surface area contributed by atoms with Crippen molar-refractivity contribution in [3.63, 3.8) is 0 Å². The van der Waals surface area contributed by atoms with Gasteiger partial charge in [0.25, 0.3) is 10.0 Å². The second kappa shape index (κ2) is 3.68. The van der Waals surface area contributed by atoms with Crippen LogP contribution in [0.3, 0.4) is 0 Å². The number of hydrogen-bond acceptors (Lipinski definition) is 3. The minimum absolute atomic E-state index is 1.05. The van der Waals surface area contributed by atoms with E-state index in [1.54, 1.807) is 31.2 Å². The molecule has 0 aromatic carbocycles. The second-order valence-corrected chi connectivity index (χ2v) is 4.05. The summed E-state index contributed by atoms with van der Waals surface area (Å²) < 4.78 is 24.3. The van der Waals surface area contributed by atoms with Gasteiger partial charge in [-0.2, -0.15) is 4.40 Å². The molecule has 0 rings (SSSR count). The molecule has 0 N–H and O–H groups in total. The molecule has 0 aliphatic carbocycles. The van der Waals surface area contributed by atoms with E-state index in [0.717, 1.165) is 6.26 Å². The average molecular weight is 179 g/mol. The summed E-state index contributed by atoms with van der Waals surface area (Å²) in [6, 6.07) is 0. The molecule has 0 atom stereocenters. The fourth-order valence-electron chi connectivity index (χ4n) is 0.257. The zero-order valence-electron chi connectivity index (χ0n) is 7.14. The fourth-order valence-corrected chi connectivity index (χ4v) is 0.565. The molecule has 0 amide bonds. The van der Waals surface area contributed by atoms with Crippen LogP contribution in [0.4, 0.5) is 0 Å². The number of hydrazine groups is 1. The predicted molar refractivity (Wildman–Crippen MR) is 44.8 cm³/mol. The number of sulfonamides is 1. The maximum absolute atomic E-state index is 10.5.